The largest absolute Gasteiger partial charge is 0.352 e. The maximum atomic E-state index is 12.4. The zero-order valence-corrected chi connectivity index (χ0v) is 13.9. The van der Waals surface area contributed by atoms with Crippen LogP contribution in [0.1, 0.15) is 39.6 Å². The van der Waals surface area contributed by atoms with E-state index in [4.69, 9.17) is 11.6 Å². The van der Waals surface area contributed by atoms with Crippen molar-refractivity contribution in [3.05, 3.63) is 64.2 Å². The second kappa shape index (κ2) is 7.79. The van der Waals surface area contributed by atoms with Gasteiger partial charge < -0.3 is 10.6 Å². The third kappa shape index (κ3) is 4.33. The van der Waals surface area contributed by atoms with Crippen LogP contribution in [0.3, 0.4) is 0 Å². The molecular formula is C18H19ClN2O2. The summed E-state index contributed by atoms with van der Waals surface area (Å²) in [6.45, 7) is 4.43. The zero-order chi connectivity index (χ0) is 16.8. The minimum absolute atomic E-state index is 0.180. The average molecular weight is 331 g/mol. The Morgan fingerprint density at radius 1 is 1.04 bits per heavy atom. The third-order valence-corrected chi connectivity index (χ3v) is 3.85. The van der Waals surface area contributed by atoms with Crippen molar-refractivity contribution in [2.75, 3.05) is 11.9 Å². The molecule has 5 heteroatoms. The van der Waals surface area contributed by atoms with Crippen LogP contribution in [0.5, 0.6) is 0 Å². The first-order valence-corrected chi connectivity index (χ1v) is 7.85. The number of halogens is 1. The first-order chi connectivity index (χ1) is 11.0. The second-order valence-electron chi connectivity index (χ2n) is 5.20. The van der Waals surface area contributed by atoms with Gasteiger partial charge in [-0.3, -0.25) is 9.59 Å². The van der Waals surface area contributed by atoms with E-state index in [1.807, 2.05) is 13.8 Å². The van der Waals surface area contributed by atoms with Gasteiger partial charge in [-0.25, -0.2) is 0 Å². The summed E-state index contributed by atoms with van der Waals surface area (Å²) in [4.78, 5) is 24.4. The fourth-order valence-electron chi connectivity index (χ4n) is 2.08. The molecule has 0 radical (unpaired) electrons. The van der Waals surface area contributed by atoms with E-state index in [2.05, 4.69) is 10.6 Å². The summed E-state index contributed by atoms with van der Waals surface area (Å²) in [5, 5.41) is 6.21. The highest BCUT2D eigenvalue weighted by atomic mass is 35.5. The first kappa shape index (κ1) is 17.0. The summed E-state index contributed by atoms with van der Waals surface area (Å²) < 4.78 is 0. The number of hydrogen-bond donors (Lipinski definition) is 2. The Balaban J connectivity index is 2.16. The van der Waals surface area contributed by atoms with Crippen LogP contribution >= 0.6 is 11.6 Å². The van der Waals surface area contributed by atoms with Gasteiger partial charge in [0.2, 0.25) is 0 Å². The van der Waals surface area contributed by atoms with Crippen molar-refractivity contribution in [1.29, 1.82) is 0 Å². The van der Waals surface area contributed by atoms with Crippen LogP contribution in [0.25, 0.3) is 0 Å². The minimum Gasteiger partial charge on any atom is -0.352 e. The van der Waals surface area contributed by atoms with Crippen LogP contribution in [0.15, 0.2) is 42.5 Å². The molecule has 0 saturated carbocycles. The molecule has 2 N–H and O–H groups in total. The van der Waals surface area contributed by atoms with Gasteiger partial charge in [0, 0.05) is 28.4 Å². The Morgan fingerprint density at radius 2 is 1.70 bits per heavy atom. The van der Waals surface area contributed by atoms with Gasteiger partial charge in [-0.15, -0.1) is 0 Å². The fraction of sp³-hybridized carbons (Fsp3) is 0.222. The maximum absolute atomic E-state index is 12.4. The standard InChI is InChI=1S/C18H19ClN2O2/c1-3-10-20-17(22)13-6-4-7-14(11-13)18(23)21-16-9-5-8-15(19)12(16)2/h4-9,11H,3,10H2,1-2H3,(H,20,22)(H,21,23). The SMILES string of the molecule is CCCNC(=O)c1cccc(C(=O)Nc2cccc(Cl)c2C)c1. The molecule has 2 rings (SSSR count). The van der Waals surface area contributed by atoms with E-state index in [1.165, 1.54) is 0 Å². The summed E-state index contributed by atoms with van der Waals surface area (Å²) in [5.74, 6) is -0.457. The van der Waals surface area contributed by atoms with Crippen LogP contribution in [0.2, 0.25) is 5.02 Å². The Kier molecular flexibility index (Phi) is 5.77. The topological polar surface area (TPSA) is 58.2 Å². The predicted octanol–water partition coefficient (Wildman–Crippen LogP) is 4.04. The fourth-order valence-corrected chi connectivity index (χ4v) is 2.25. The number of carbonyl (C=O) groups is 2. The van der Waals surface area contributed by atoms with E-state index in [-0.39, 0.29) is 11.8 Å². The second-order valence-corrected chi connectivity index (χ2v) is 5.61. The lowest BCUT2D eigenvalue weighted by Gasteiger charge is -2.10. The molecule has 120 valence electrons. The molecule has 0 aromatic heterocycles. The number of anilines is 1. The Bertz CT molecular complexity index is 729. The van der Waals surface area contributed by atoms with Crippen molar-refractivity contribution in [2.45, 2.75) is 20.3 Å². The zero-order valence-electron chi connectivity index (χ0n) is 13.2. The lowest BCUT2D eigenvalue weighted by molar-refractivity contribution is 0.0953. The first-order valence-electron chi connectivity index (χ1n) is 7.47. The molecule has 0 unspecified atom stereocenters. The molecule has 2 amide bonds. The molecule has 0 aliphatic rings. The summed E-state index contributed by atoms with van der Waals surface area (Å²) in [6.07, 6.45) is 0.861. The maximum Gasteiger partial charge on any atom is 0.255 e. The van der Waals surface area contributed by atoms with Gasteiger partial charge in [-0.1, -0.05) is 30.7 Å². The Morgan fingerprint density at radius 3 is 2.39 bits per heavy atom. The quantitative estimate of drug-likeness (QED) is 0.869. The van der Waals surface area contributed by atoms with Crippen molar-refractivity contribution in [3.63, 3.8) is 0 Å². The highest BCUT2D eigenvalue weighted by molar-refractivity contribution is 6.31. The van der Waals surface area contributed by atoms with Gasteiger partial charge in [-0.2, -0.15) is 0 Å². The van der Waals surface area contributed by atoms with Crippen LogP contribution in [-0.2, 0) is 0 Å². The van der Waals surface area contributed by atoms with E-state index in [0.29, 0.717) is 28.4 Å². The molecule has 0 aliphatic heterocycles. The summed E-state index contributed by atoms with van der Waals surface area (Å²) in [6, 6.07) is 12.0. The van der Waals surface area contributed by atoms with Gasteiger partial charge in [0.25, 0.3) is 11.8 Å². The van der Waals surface area contributed by atoms with E-state index in [1.54, 1.807) is 42.5 Å². The van der Waals surface area contributed by atoms with Gasteiger partial charge in [0.1, 0.15) is 0 Å². The van der Waals surface area contributed by atoms with E-state index >= 15 is 0 Å². The summed E-state index contributed by atoms with van der Waals surface area (Å²) in [5.41, 5.74) is 2.35. The number of nitrogens with one attached hydrogen (secondary N) is 2. The number of carbonyl (C=O) groups excluding carboxylic acids is 2. The summed E-state index contributed by atoms with van der Waals surface area (Å²) in [7, 11) is 0. The predicted molar refractivity (Wildman–Crippen MR) is 93.2 cm³/mol. The number of benzene rings is 2. The molecular weight excluding hydrogens is 312 g/mol. The Labute approximate surface area is 140 Å². The molecule has 0 heterocycles. The number of rotatable bonds is 5. The monoisotopic (exact) mass is 330 g/mol. The van der Waals surface area contributed by atoms with Crippen molar-refractivity contribution in [2.24, 2.45) is 0 Å². The Hall–Kier alpha value is -2.33. The van der Waals surface area contributed by atoms with Gasteiger partial charge in [0.15, 0.2) is 0 Å². The van der Waals surface area contributed by atoms with Crippen LogP contribution in [-0.4, -0.2) is 18.4 Å². The molecule has 0 bridgehead atoms. The van der Waals surface area contributed by atoms with Crippen molar-refractivity contribution in [1.82, 2.24) is 5.32 Å². The molecule has 0 spiro atoms. The minimum atomic E-state index is -0.277. The normalized spacial score (nSPS) is 10.2. The third-order valence-electron chi connectivity index (χ3n) is 3.44. The highest BCUT2D eigenvalue weighted by Crippen LogP contribution is 2.23. The molecule has 0 atom stereocenters. The summed E-state index contributed by atoms with van der Waals surface area (Å²) >= 11 is 6.05. The number of amides is 2. The molecule has 2 aromatic rings. The van der Waals surface area contributed by atoms with E-state index in [0.717, 1.165) is 12.0 Å². The average Bonchev–Trinajstić information content (AvgIpc) is 2.57. The lowest BCUT2D eigenvalue weighted by Crippen LogP contribution is -2.24. The van der Waals surface area contributed by atoms with Crippen molar-refractivity contribution in [3.8, 4) is 0 Å². The van der Waals surface area contributed by atoms with Gasteiger partial charge in [-0.05, 0) is 49.2 Å². The van der Waals surface area contributed by atoms with E-state index < -0.39 is 0 Å². The van der Waals surface area contributed by atoms with Crippen LogP contribution in [0.4, 0.5) is 5.69 Å². The number of hydrogen-bond acceptors (Lipinski definition) is 2. The molecule has 23 heavy (non-hydrogen) atoms. The van der Waals surface area contributed by atoms with Gasteiger partial charge in [0.05, 0.1) is 0 Å². The van der Waals surface area contributed by atoms with Gasteiger partial charge >= 0.3 is 0 Å². The molecule has 0 saturated heterocycles. The van der Waals surface area contributed by atoms with Crippen molar-refractivity contribution < 1.29 is 9.59 Å². The highest BCUT2D eigenvalue weighted by Gasteiger charge is 2.12. The van der Waals surface area contributed by atoms with Crippen molar-refractivity contribution >= 4 is 29.1 Å². The smallest absolute Gasteiger partial charge is 0.255 e. The molecule has 0 fully saturated rings. The molecule has 0 aliphatic carbocycles. The lowest BCUT2D eigenvalue weighted by atomic mass is 10.1. The van der Waals surface area contributed by atoms with Crippen LogP contribution < -0.4 is 10.6 Å². The van der Waals surface area contributed by atoms with E-state index in [9.17, 15) is 9.59 Å². The molecule has 4 nitrogen and oxygen atoms in total. The molecule has 2 aromatic carbocycles. The van der Waals surface area contributed by atoms with Crippen LogP contribution in [0, 0.1) is 6.92 Å².